The van der Waals surface area contributed by atoms with Gasteiger partial charge in [0, 0.05) is 17.4 Å². The molecule has 1 N–H and O–H groups in total. The van der Waals surface area contributed by atoms with Gasteiger partial charge >= 0.3 is 0 Å². The van der Waals surface area contributed by atoms with Gasteiger partial charge in [0.1, 0.15) is 18.1 Å². The summed E-state index contributed by atoms with van der Waals surface area (Å²) in [6.07, 6.45) is 0. The van der Waals surface area contributed by atoms with Crippen molar-refractivity contribution in [3.63, 3.8) is 0 Å². The summed E-state index contributed by atoms with van der Waals surface area (Å²) in [5.41, 5.74) is 1.07. The number of amides is 1. The van der Waals surface area contributed by atoms with Crippen LogP contribution in [0.2, 0.25) is 0 Å². The molecule has 0 bridgehead atoms. The number of benzene rings is 1. The number of hydrogen-bond acceptors (Lipinski definition) is 4. The molecule has 0 saturated carbocycles. The zero-order valence-electron chi connectivity index (χ0n) is 12.9. The molecule has 116 valence electrons. The van der Waals surface area contributed by atoms with Gasteiger partial charge in [-0.1, -0.05) is 0 Å². The number of carbonyl (C=O) groups is 1. The maximum atomic E-state index is 12.1. The molecule has 0 aliphatic heterocycles. The van der Waals surface area contributed by atoms with Gasteiger partial charge in [0.25, 0.3) is 5.56 Å². The number of anilines is 1. The summed E-state index contributed by atoms with van der Waals surface area (Å²) >= 11 is 0. The molecule has 0 spiro atoms. The minimum atomic E-state index is -0.278. The van der Waals surface area contributed by atoms with Crippen LogP contribution in [0.4, 0.5) is 5.69 Å². The summed E-state index contributed by atoms with van der Waals surface area (Å²) in [4.78, 5) is 28.1. The van der Waals surface area contributed by atoms with E-state index in [2.05, 4.69) is 10.3 Å². The van der Waals surface area contributed by atoms with E-state index in [1.54, 1.807) is 38.1 Å². The van der Waals surface area contributed by atoms with Crippen molar-refractivity contribution in [3.05, 3.63) is 52.2 Å². The van der Waals surface area contributed by atoms with Gasteiger partial charge in [0.15, 0.2) is 0 Å². The molecule has 0 aliphatic carbocycles. The molecule has 0 radical (unpaired) electrons. The third-order valence-corrected chi connectivity index (χ3v) is 3.08. The highest BCUT2D eigenvalue weighted by atomic mass is 16.5. The van der Waals surface area contributed by atoms with E-state index >= 15 is 0 Å². The highest BCUT2D eigenvalue weighted by Crippen LogP contribution is 2.15. The average Bonchev–Trinajstić information content (AvgIpc) is 2.45. The van der Waals surface area contributed by atoms with E-state index in [9.17, 15) is 9.59 Å². The molecule has 22 heavy (non-hydrogen) atoms. The van der Waals surface area contributed by atoms with Gasteiger partial charge in [-0.25, -0.2) is 4.98 Å². The molecule has 6 nitrogen and oxygen atoms in total. The smallest absolute Gasteiger partial charge is 0.254 e. The fraction of sp³-hybridized carbons (Fsp3) is 0.312. The first-order chi connectivity index (χ1) is 10.5. The predicted octanol–water partition coefficient (Wildman–Crippen LogP) is 1.90. The van der Waals surface area contributed by atoms with Crippen LogP contribution in [0.1, 0.15) is 18.4 Å². The van der Waals surface area contributed by atoms with Gasteiger partial charge in [-0.05, 0) is 45.0 Å². The van der Waals surface area contributed by atoms with Crippen LogP contribution in [0.15, 0.2) is 35.1 Å². The highest BCUT2D eigenvalue weighted by Gasteiger charge is 2.09. The van der Waals surface area contributed by atoms with Crippen LogP contribution in [0, 0.1) is 13.8 Å². The van der Waals surface area contributed by atoms with Crippen molar-refractivity contribution in [1.82, 2.24) is 9.55 Å². The summed E-state index contributed by atoms with van der Waals surface area (Å²) in [5.74, 6) is 0.988. The second kappa shape index (κ2) is 6.89. The molecule has 6 heteroatoms. The Morgan fingerprint density at radius 2 is 1.95 bits per heavy atom. The van der Waals surface area contributed by atoms with Crippen LogP contribution in [0.3, 0.4) is 0 Å². The molecule has 1 aromatic carbocycles. The van der Waals surface area contributed by atoms with Crippen LogP contribution in [0.5, 0.6) is 5.75 Å². The Morgan fingerprint density at radius 3 is 2.55 bits per heavy atom. The summed E-state index contributed by atoms with van der Waals surface area (Å²) < 4.78 is 6.68. The summed E-state index contributed by atoms with van der Waals surface area (Å²) in [6.45, 7) is 5.89. The Labute approximate surface area is 128 Å². The predicted molar refractivity (Wildman–Crippen MR) is 84.2 cm³/mol. The van der Waals surface area contributed by atoms with Crippen molar-refractivity contribution in [2.24, 2.45) is 0 Å². The molecule has 1 aromatic heterocycles. The van der Waals surface area contributed by atoms with Crippen LogP contribution in [-0.4, -0.2) is 22.1 Å². The standard InChI is InChI=1S/C16H19N3O3/c1-4-22-14-7-5-13(6-8-14)18-15(20)10-19-12(3)17-11(2)9-16(19)21/h5-9H,4,10H2,1-3H3,(H,18,20). The van der Waals surface area contributed by atoms with Gasteiger partial charge in [0.05, 0.1) is 6.61 Å². The molecule has 0 atom stereocenters. The molecule has 2 aromatic rings. The second-order valence-electron chi connectivity index (χ2n) is 4.87. The van der Waals surface area contributed by atoms with Gasteiger partial charge in [0.2, 0.25) is 5.91 Å². The fourth-order valence-corrected chi connectivity index (χ4v) is 2.10. The third kappa shape index (κ3) is 3.94. The lowest BCUT2D eigenvalue weighted by molar-refractivity contribution is -0.116. The zero-order chi connectivity index (χ0) is 16.1. The Kier molecular flexibility index (Phi) is 4.93. The van der Waals surface area contributed by atoms with Crippen molar-refractivity contribution < 1.29 is 9.53 Å². The van der Waals surface area contributed by atoms with Crippen molar-refractivity contribution in [2.75, 3.05) is 11.9 Å². The molecule has 0 saturated heterocycles. The van der Waals surface area contributed by atoms with Crippen LogP contribution >= 0.6 is 0 Å². The largest absolute Gasteiger partial charge is 0.494 e. The number of nitrogens with one attached hydrogen (secondary N) is 1. The average molecular weight is 301 g/mol. The lowest BCUT2D eigenvalue weighted by atomic mass is 10.3. The maximum absolute atomic E-state index is 12.1. The normalized spacial score (nSPS) is 10.3. The fourth-order valence-electron chi connectivity index (χ4n) is 2.10. The van der Waals surface area contributed by atoms with E-state index in [4.69, 9.17) is 4.74 Å². The van der Waals surface area contributed by atoms with Gasteiger partial charge < -0.3 is 10.1 Å². The van der Waals surface area contributed by atoms with Crippen LogP contribution < -0.4 is 15.6 Å². The maximum Gasteiger partial charge on any atom is 0.254 e. The first-order valence-electron chi connectivity index (χ1n) is 7.07. The van der Waals surface area contributed by atoms with E-state index in [1.807, 2.05) is 6.92 Å². The first kappa shape index (κ1) is 15.8. The Balaban J connectivity index is 2.06. The van der Waals surface area contributed by atoms with Crippen molar-refractivity contribution in [3.8, 4) is 5.75 Å². The molecule has 1 amide bonds. The third-order valence-electron chi connectivity index (χ3n) is 3.08. The first-order valence-corrected chi connectivity index (χ1v) is 7.07. The molecule has 0 unspecified atom stereocenters. The second-order valence-corrected chi connectivity index (χ2v) is 4.87. The van der Waals surface area contributed by atoms with E-state index in [0.29, 0.717) is 23.8 Å². The molecule has 1 heterocycles. The monoisotopic (exact) mass is 301 g/mol. The summed E-state index contributed by atoms with van der Waals surface area (Å²) in [6, 6.07) is 8.49. The minimum Gasteiger partial charge on any atom is -0.494 e. The van der Waals surface area contributed by atoms with Gasteiger partial charge in [-0.15, -0.1) is 0 Å². The number of carbonyl (C=O) groups excluding carboxylic acids is 1. The number of aromatic nitrogens is 2. The molecule has 0 fully saturated rings. The van der Waals surface area contributed by atoms with E-state index in [-0.39, 0.29) is 18.0 Å². The number of rotatable bonds is 5. The molecule has 2 rings (SSSR count). The van der Waals surface area contributed by atoms with Crippen molar-refractivity contribution >= 4 is 11.6 Å². The molecular formula is C16H19N3O3. The van der Waals surface area contributed by atoms with Crippen molar-refractivity contribution in [2.45, 2.75) is 27.3 Å². The molecular weight excluding hydrogens is 282 g/mol. The lowest BCUT2D eigenvalue weighted by Gasteiger charge is -2.10. The summed E-state index contributed by atoms with van der Waals surface area (Å²) in [5, 5.41) is 2.75. The van der Waals surface area contributed by atoms with E-state index in [0.717, 1.165) is 5.75 Å². The summed E-state index contributed by atoms with van der Waals surface area (Å²) in [7, 11) is 0. The van der Waals surface area contributed by atoms with Crippen molar-refractivity contribution in [1.29, 1.82) is 0 Å². The topological polar surface area (TPSA) is 73.2 Å². The number of hydrogen-bond donors (Lipinski definition) is 1. The molecule has 0 aliphatic rings. The Bertz CT molecular complexity index is 720. The number of aryl methyl sites for hydroxylation is 2. The zero-order valence-corrected chi connectivity index (χ0v) is 12.9. The van der Waals surface area contributed by atoms with Crippen LogP contribution in [-0.2, 0) is 11.3 Å². The van der Waals surface area contributed by atoms with Gasteiger partial charge in [-0.2, -0.15) is 0 Å². The Morgan fingerprint density at radius 1 is 1.27 bits per heavy atom. The van der Waals surface area contributed by atoms with Gasteiger partial charge in [-0.3, -0.25) is 14.2 Å². The minimum absolute atomic E-state index is 0.0643. The van der Waals surface area contributed by atoms with E-state index in [1.165, 1.54) is 10.6 Å². The quantitative estimate of drug-likeness (QED) is 0.915. The Hall–Kier alpha value is -2.63. The van der Waals surface area contributed by atoms with E-state index < -0.39 is 0 Å². The van der Waals surface area contributed by atoms with Crippen LogP contribution in [0.25, 0.3) is 0 Å². The lowest BCUT2D eigenvalue weighted by Crippen LogP contribution is -2.29. The number of ether oxygens (including phenoxy) is 1. The SMILES string of the molecule is CCOc1ccc(NC(=O)Cn2c(C)nc(C)cc2=O)cc1. The highest BCUT2D eigenvalue weighted by molar-refractivity contribution is 5.90. The number of nitrogens with zero attached hydrogens (tertiary/aromatic N) is 2.